The fraction of sp³-hybridized carbons (Fsp3) is 0.333. The van der Waals surface area contributed by atoms with E-state index in [1.165, 1.54) is 0 Å². The first-order chi connectivity index (χ1) is 13.1. The molecule has 3 rings (SSSR count). The lowest BCUT2D eigenvalue weighted by molar-refractivity contribution is 0.0986. The summed E-state index contributed by atoms with van der Waals surface area (Å²) in [6.45, 7) is 4.09. The van der Waals surface area contributed by atoms with Crippen LogP contribution in [0, 0.1) is 0 Å². The predicted molar refractivity (Wildman–Crippen MR) is 119 cm³/mol. The molecule has 0 fully saturated rings. The Bertz CT molecular complexity index is 863. The Morgan fingerprint density at radius 1 is 1.07 bits per heavy atom. The maximum atomic E-state index is 13.2. The normalized spacial score (nSPS) is 10.7. The fourth-order valence-electron chi connectivity index (χ4n) is 2.82. The van der Waals surface area contributed by atoms with E-state index >= 15 is 0 Å². The number of anilines is 1. The van der Waals surface area contributed by atoms with Gasteiger partial charge in [0.15, 0.2) is 5.13 Å². The number of amides is 1. The minimum absolute atomic E-state index is 0. The summed E-state index contributed by atoms with van der Waals surface area (Å²) in [6, 6.07) is 15.3. The number of fused-ring (bicyclic) bond motifs is 1. The number of rotatable bonds is 8. The number of carbonyl (C=O) groups excluding carboxylic acids is 1. The summed E-state index contributed by atoms with van der Waals surface area (Å²) in [6.07, 6.45) is 0.881. The van der Waals surface area contributed by atoms with Crippen molar-refractivity contribution in [3.05, 3.63) is 54.1 Å². The first-order valence-corrected chi connectivity index (χ1v) is 9.95. The maximum Gasteiger partial charge on any atom is 0.260 e. The number of benzene rings is 2. The molecule has 1 heterocycles. The lowest BCUT2D eigenvalue weighted by Gasteiger charge is -2.21. The highest BCUT2D eigenvalue weighted by Gasteiger charge is 2.21. The van der Waals surface area contributed by atoms with Gasteiger partial charge in [-0.15, -0.1) is 12.4 Å². The molecule has 5 nitrogen and oxygen atoms in total. The quantitative estimate of drug-likeness (QED) is 0.530. The van der Waals surface area contributed by atoms with Crippen molar-refractivity contribution in [1.29, 1.82) is 0 Å². The maximum absolute atomic E-state index is 13.2. The zero-order chi connectivity index (χ0) is 19.2. The van der Waals surface area contributed by atoms with Gasteiger partial charge in [0.2, 0.25) is 0 Å². The molecule has 0 aliphatic rings. The van der Waals surface area contributed by atoms with Crippen molar-refractivity contribution in [3.63, 3.8) is 0 Å². The molecule has 1 amide bonds. The zero-order valence-corrected chi connectivity index (χ0v) is 18.1. The van der Waals surface area contributed by atoms with Crippen molar-refractivity contribution >= 4 is 45.0 Å². The van der Waals surface area contributed by atoms with Crippen LogP contribution >= 0.6 is 23.7 Å². The van der Waals surface area contributed by atoms with Gasteiger partial charge in [0.25, 0.3) is 5.91 Å². The number of thiazole rings is 1. The molecular weight excluding hydrogens is 394 g/mol. The number of carbonyl (C=O) groups is 1. The van der Waals surface area contributed by atoms with E-state index in [2.05, 4.69) is 9.88 Å². The van der Waals surface area contributed by atoms with Crippen LogP contribution in [0.2, 0.25) is 0 Å². The minimum Gasteiger partial charge on any atom is -0.494 e. The summed E-state index contributed by atoms with van der Waals surface area (Å²) in [5.41, 5.74) is 1.57. The third kappa shape index (κ3) is 5.44. The van der Waals surface area contributed by atoms with E-state index < -0.39 is 0 Å². The lowest BCUT2D eigenvalue weighted by atomic mass is 10.2. The van der Waals surface area contributed by atoms with Crippen molar-refractivity contribution in [2.75, 3.05) is 38.7 Å². The van der Waals surface area contributed by atoms with Gasteiger partial charge in [-0.3, -0.25) is 9.69 Å². The molecule has 3 aromatic rings. The monoisotopic (exact) mass is 419 g/mol. The highest BCUT2D eigenvalue weighted by atomic mass is 35.5. The average molecular weight is 420 g/mol. The summed E-state index contributed by atoms with van der Waals surface area (Å²) in [7, 11) is 4.08. The number of ether oxygens (including phenoxy) is 1. The smallest absolute Gasteiger partial charge is 0.260 e. The van der Waals surface area contributed by atoms with Crippen molar-refractivity contribution in [1.82, 2.24) is 9.88 Å². The molecule has 0 saturated heterocycles. The molecule has 1 aromatic heterocycles. The van der Waals surface area contributed by atoms with Gasteiger partial charge >= 0.3 is 0 Å². The van der Waals surface area contributed by atoms with E-state index in [-0.39, 0.29) is 18.3 Å². The van der Waals surface area contributed by atoms with Gasteiger partial charge in [0, 0.05) is 12.1 Å². The second-order valence-corrected chi connectivity index (χ2v) is 7.54. The van der Waals surface area contributed by atoms with Gasteiger partial charge in [-0.25, -0.2) is 4.98 Å². The van der Waals surface area contributed by atoms with Crippen LogP contribution in [0.4, 0.5) is 5.13 Å². The van der Waals surface area contributed by atoms with Gasteiger partial charge in [-0.1, -0.05) is 23.5 Å². The van der Waals surface area contributed by atoms with E-state index in [9.17, 15) is 4.79 Å². The summed E-state index contributed by atoms with van der Waals surface area (Å²) in [4.78, 5) is 21.8. The predicted octanol–water partition coefficient (Wildman–Crippen LogP) is 4.72. The molecule has 28 heavy (non-hydrogen) atoms. The Labute approximate surface area is 176 Å². The third-order valence-corrected chi connectivity index (χ3v) is 5.22. The molecule has 0 unspecified atom stereocenters. The molecule has 7 heteroatoms. The van der Waals surface area contributed by atoms with Crippen molar-refractivity contribution in [2.24, 2.45) is 0 Å². The Morgan fingerprint density at radius 2 is 1.79 bits per heavy atom. The first-order valence-electron chi connectivity index (χ1n) is 9.13. The number of hydrogen-bond donors (Lipinski definition) is 0. The van der Waals surface area contributed by atoms with Gasteiger partial charge in [0.1, 0.15) is 5.75 Å². The molecule has 0 N–H and O–H groups in total. The van der Waals surface area contributed by atoms with Crippen LogP contribution in [0.3, 0.4) is 0 Å². The minimum atomic E-state index is -0.0316. The van der Waals surface area contributed by atoms with Crippen LogP contribution in [-0.2, 0) is 0 Å². The number of halogens is 1. The Hall–Kier alpha value is -2.15. The standard InChI is InChI=1S/C21H25N3O2S.ClH/c1-4-26-17-12-10-16(11-13-17)20(25)24(15-7-14-23(2)3)21-22-18-8-5-6-9-19(18)27-21;/h5-6,8-13H,4,7,14-15H2,1-3H3;1H. The number of hydrogen-bond acceptors (Lipinski definition) is 5. The number of aromatic nitrogens is 1. The van der Waals surface area contributed by atoms with Crippen LogP contribution in [0.15, 0.2) is 48.5 Å². The first kappa shape index (κ1) is 22.1. The molecule has 0 aliphatic carbocycles. The van der Waals surface area contributed by atoms with E-state index in [1.54, 1.807) is 16.2 Å². The second-order valence-electron chi connectivity index (χ2n) is 6.54. The molecular formula is C21H26ClN3O2S. The van der Waals surface area contributed by atoms with Gasteiger partial charge in [-0.05, 0) is 70.4 Å². The molecule has 150 valence electrons. The van der Waals surface area contributed by atoms with Crippen molar-refractivity contribution in [2.45, 2.75) is 13.3 Å². The van der Waals surface area contributed by atoms with Crippen molar-refractivity contribution in [3.8, 4) is 5.75 Å². The largest absolute Gasteiger partial charge is 0.494 e. The average Bonchev–Trinajstić information content (AvgIpc) is 3.09. The molecule has 2 aromatic carbocycles. The van der Waals surface area contributed by atoms with Gasteiger partial charge in [-0.2, -0.15) is 0 Å². The van der Waals surface area contributed by atoms with E-state index in [1.807, 2.05) is 69.6 Å². The number of para-hydroxylation sites is 1. The molecule has 0 spiro atoms. The lowest BCUT2D eigenvalue weighted by Crippen LogP contribution is -2.33. The second kappa shape index (κ2) is 10.4. The Morgan fingerprint density at radius 3 is 2.43 bits per heavy atom. The number of nitrogens with zero attached hydrogens (tertiary/aromatic N) is 3. The van der Waals surface area contributed by atoms with Crippen LogP contribution in [0.1, 0.15) is 23.7 Å². The van der Waals surface area contributed by atoms with Crippen LogP contribution in [0.25, 0.3) is 10.2 Å². The molecule has 0 aliphatic heterocycles. The van der Waals surface area contributed by atoms with Crippen LogP contribution in [-0.4, -0.2) is 49.6 Å². The summed E-state index contributed by atoms with van der Waals surface area (Å²) in [5.74, 6) is 0.740. The van der Waals surface area contributed by atoms with Gasteiger partial charge < -0.3 is 9.64 Å². The summed E-state index contributed by atoms with van der Waals surface area (Å²) in [5, 5.41) is 0.744. The zero-order valence-electron chi connectivity index (χ0n) is 16.4. The van der Waals surface area contributed by atoms with Crippen LogP contribution in [0.5, 0.6) is 5.75 Å². The highest BCUT2D eigenvalue weighted by Crippen LogP contribution is 2.30. The summed E-state index contributed by atoms with van der Waals surface area (Å²) < 4.78 is 6.56. The van der Waals surface area contributed by atoms with E-state index in [0.717, 1.165) is 34.1 Å². The van der Waals surface area contributed by atoms with Crippen molar-refractivity contribution < 1.29 is 9.53 Å². The van der Waals surface area contributed by atoms with Crippen LogP contribution < -0.4 is 9.64 Å². The van der Waals surface area contributed by atoms with E-state index in [4.69, 9.17) is 4.74 Å². The van der Waals surface area contributed by atoms with E-state index in [0.29, 0.717) is 18.7 Å². The highest BCUT2D eigenvalue weighted by molar-refractivity contribution is 7.22. The molecule has 0 bridgehead atoms. The SMILES string of the molecule is CCOc1ccc(C(=O)N(CCCN(C)C)c2nc3ccccc3s2)cc1.Cl. The Balaban J connectivity index is 0.00000280. The summed E-state index contributed by atoms with van der Waals surface area (Å²) >= 11 is 1.55. The topological polar surface area (TPSA) is 45.7 Å². The Kier molecular flexibility index (Phi) is 8.23. The molecule has 0 atom stereocenters. The van der Waals surface area contributed by atoms with Gasteiger partial charge in [0.05, 0.1) is 16.8 Å². The molecule has 0 radical (unpaired) electrons. The fourth-order valence-corrected chi connectivity index (χ4v) is 3.81. The molecule has 0 saturated carbocycles. The third-order valence-electron chi connectivity index (χ3n) is 4.16.